The third-order valence-corrected chi connectivity index (χ3v) is 4.58. The Morgan fingerprint density at radius 3 is 1.47 bits per heavy atom. The summed E-state index contributed by atoms with van der Waals surface area (Å²) >= 11 is 0. The van der Waals surface area contributed by atoms with Gasteiger partial charge in [0.25, 0.3) is 0 Å². The van der Waals surface area contributed by atoms with Gasteiger partial charge in [-0.1, -0.05) is 78.1 Å². The Balaban J connectivity index is 1.91. The molecule has 0 aromatic rings. The lowest BCUT2D eigenvalue weighted by Crippen LogP contribution is -2.00. The van der Waals surface area contributed by atoms with Crippen molar-refractivity contribution in [3.05, 3.63) is 0 Å². The largest absolute Gasteiger partial charge is 0.0654 e. The maximum atomic E-state index is 2.31. The number of rotatable bonds is 12. The molecule has 0 aromatic carbocycles. The summed E-state index contributed by atoms with van der Waals surface area (Å²) in [6.07, 6.45) is 20.8. The summed E-state index contributed by atoms with van der Waals surface area (Å²) in [5.41, 5.74) is 0.846. The van der Waals surface area contributed by atoms with E-state index in [-0.39, 0.29) is 0 Å². The van der Waals surface area contributed by atoms with Crippen LogP contribution >= 0.6 is 0 Å². The Morgan fingerprint density at radius 2 is 1.00 bits per heavy atom. The molecular formula is C17H34. The lowest BCUT2D eigenvalue weighted by Gasteiger charge is -2.14. The van der Waals surface area contributed by atoms with Crippen LogP contribution in [0, 0.1) is 5.41 Å². The fourth-order valence-electron chi connectivity index (χ4n) is 3.01. The van der Waals surface area contributed by atoms with Crippen LogP contribution in [0.15, 0.2) is 0 Å². The molecule has 17 heavy (non-hydrogen) atoms. The summed E-state index contributed by atoms with van der Waals surface area (Å²) < 4.78 is 0. The second kappa shape index (κ2) is 9.00. The van der Waals surface area contributed by atoms with Gasteiger partial charge in [-0.2, -0.15) is 0 Å². The average Bonchev–Trinajstić information content (AvgIpc) is 3.10. The summed E-state index contributed by atoms with van der Waals surface area (Å²) in [4.78, 5) is 0. The predicted octanol–water partition coefficient (Wildman–Crippen LogP) is 6.49. The van der Waals surface area contributed by atoms with Gasteiger partial charge in [0.2, 0.25) is 0 Å². The van der Waals surface area contributed by atoms with E-state index in [0.717, 1.165) is 5.41 Å². The molecule has 0 heterocycles. The summed E-state index contributed by atoms with van der Waals surface area (Å²) in [6.45, 7) is 4.61. The molecule has 0 atom stereocenters. The Kier molecular flexibility index (Phi) is 7.97. The molecule has 0 aromatic heterocycles. The minimum absolute atomic E-state index is 0.846. The Bertz CT molecular complexity index is 167. The molecule has 1 aliphatic rings. The quantitative estimate of drug-likeness (QED) is 0.341. The van der Waals surface area contributed by atoms with E-state index in [9.17, 15) is 0 Å². The van der Waals surface area contributed by atoms with Crippen molar-refractivity contribution in [2.24, 2.45) is 5.41 Å². The van der Waals surface area contributed by atoms with Crippen molar-refractivity contribution in [2.45, 2.75) is 104 Å². The molecule has 0 nitrogen and oxygen atoms in total. The van der Waals surface area contributed by atoms with Gasteiger partial charge >= 0.3 is 0 Å². The van der Waals surface area contributed by atoms with Crippen LogP contribution in [0.1, 0.15) is 104 Å². The van der Waals surface area contributed by atoms with Crippen LogP contribution in [0.2, 0.25) is 0 Å². The molecule has 1 aliphatic carbocycles. The van der Waals surface area contributed by atoms with Crippen LogP contribution in [0.25, 0.3) is 0 Å². The molecule has 0 saturated heterocycles. The summed E-state index contributed by atoms with van der Waals surface area (Å²) in [7, 11) is 0. The van der Waals surface area contributed by atoms with Crippen LogP contribution in [-0.2, 0) is 0 Å². The van der Waals surface area contributed by atoms with E-state index in [4.69, 9.17) is 0 Å². The zero-order valence-corrected chi connectivity index (χ0v) is 12.4. The molecule has 0 unspecified atom stereocenters. The van der Waals surface area contributed by atoms with Crippen molar-refractivity contribution in [2.75, 3.05) is 0 Å². The molecule has 0 aliphatic heterocycles. The molecule has 0 N–H and O–H groups in total. The Labute approximate surface area is 110 Å². The topological polar surface area (TPSA) is 0 Å². The molecule has 1 saturated carbocycles. The van der Waals surface area contributed by atoms with Crippen molar-refractivity contribution in [3.63, 3.8) is 0 Å². The van der Waals surface area contributed by atoms with E-state index in [0.29, 0.717) is 0 Å². The van der Waals surface area contributed by atoms with Gasteiger partial charge in [-0.15, -0.1) is 0 Å². The van der Waals surface area contributed by atoms with Crippen molar-refractivity contribution in [1.29, 1.82) is 0 Å². The molecule has 0 spiro atoms. The monoisotopic (exact) mass is 238 g/mol. The highest BCUT2D eigenvalue weighted by molar-refractivity contribution is 4.92. The molecular weight excluding hydrogens is 204 g/mol. The predicted molar refractivity (Wildman–Crippen MR) is 78.4 cm³/mol. The summed E-state index contributed by atoms with van der Waals surface area (Å²) in [5.74, 6) is 0. The van der Waals surface area contributed by atoms with Crippen LogP contribution < -0.4 is 0 Å². The van der Waals surface area contributed by atoms with Gasteiger partial charge in [-0.3, -0.25) is 0 Å². The van der Waals surface area contributed by atoms with Gasteiger partial charge in [0.1, 0.15) is 0 Å². The van der Waals surface area contributed by atoms with E-state index in [1.807, 2.05) is 0 Å². The molecule has 1 fully saturated rings. The first-order chi connectivity index (χ1) is 8.33. The van der Waals surface area contributed by atoms with E-state index in [1.54, 1.807) is 25.7 Å². The van der Waals surface area contributed by atoms with Crippen molar-refractivity contribution < 1.29 is 0 Å². The van der Waals surface area contributed by atoms with Crippen molar-refractivity contribution in [1.82, 2.24) is 0 Å². The Morgan fingerprint density at radius 1 is 0.588 bits per heavy atom. The third-order valence-electron chi connectivity index (χ3n) is 4.58. The Hall–Kier alpha value is 0. The summed E-state index contributed by atoms with van der Waals surface area (Å²) in [5, 5.41) is 0. The molecule has 0 bridgehead atoms. The maximum absolute atomic E-state index is 2.31. The fraction of sp³-hybridized carbons (Fsp3) is 1.00. The normalized spacial score (nSPS) is 17.3. The number of hydrogen-bond acceptors (Lipinski definition) is 0. The highest BCUT2D eigenvalue weighted by Crippen LogP contribution is 2.53. The minimum atomic E-state index is 0.846. The van der Waals surface area contributed by atoms with E-state index >= 15 is 0 Å². The lowest BCUT2D eigenvalue weighted by molar-refractivity contribution is 0.384. The van der Waals surface area contributed by atoms with Crippen molar-refractivity contribution >= 4 is 0 Å². The van der Waals surface area contributed by atoms with Crippen LogP contribution in [0.4, 0.5) is 0 Å². The van der Waals surface area contributed by atoms with Crippen LogP contribution in [-0.4, -0.2) is 0 Å². The molecule has 102 valence electrons. The molecule has 1 rings (SSSR count). The zero-order valence-electron chi connectivity index (χ0n) is 12.4. The zero-order chi connectivity index (χ0) is 12.4. The van der Waals surface area contributed by atoms with Gasteiger partial charge in [-0.05, 0) is 31.1 Å². The third kappa shape index (κ3) is 7.11. The summed E-state index contributed by atoms with van der Waals surface area (Å²) in [6, 6.07) is 0. The van der Waals surface area contributed by atoms with Gasteiger partial charge < -0.3 is 0 Å². The van der Waals surface area contributed by atoms with E-state index in [2.05, 4.69) is 13.8 Å². The first-order valence-corrected chi connectivity index (χ1v) is 8.33. The first-order valence-electron chi connectivity index (χ1n) is 8.33. The van der Waals surface area contributed by atoms with Gasteiger partial charge in [-0.25, -0.2) is 0 Å². The van der Waals surface area contributed by atoms with Crippen LogP contribution in [0.5, 0.6) is 0 Å². The highest BCUT2D eigenvalue weighted by Gasteiger charge is 2.40. The van der Waals surface area contributed by atoms with Crippen LogP contribution in [0.3, 0.4) is 0 Å². The number of hydrogen-bond donors (Lipinski definition) is 0. The van der Waals surface area contributed by atoms with E-state index < -0.39 is 0 Å². The van der Waals surface area contributed by atoms with Gasteiger partial charge in [0, 0.05) is 0 Å². The fourth-order valence-corrected chi connectivity index (χ4v) is 3.01. The van der Waals surface area contributed by atoms with Gasteiger partial charge in [0.05, 0.1) is 0 Å². The van der Waals surface area contributed by atoms with Gasteiger partial charge in [0.15, 0.2) is 0 Å². The van der Waals surface area contributed by atoms with Crippen molar-refractivity contribution in [3.8, 4) is 0 Å². The SMILES string of the molecule is CCCCCCCCC1(CCCCCC)CC1. The molecule has 0 heteroatoms. The molecule has 0 amide bonds. The average molecular weight is 238 g/mol. The lowest BCUT2D eigenvalue weighted by atomic mass is 9.91. The van der Waals surface area contributed by atoms with E-state index in [1.165, 1.54) is 64.2 Å². The minimum Gasteiger partial charge on any atom is -0.0654 e. The highest BCUT2D eigenvalue weighted by atomic mass is 14.5. The standard InChI is InChI=1S/C17H34/c1-3-5-7-9-10-12-14-17(15-16-17)13-11-8-6-4-2/h3-16H2,1-2H3. The maximum Gasteiger partial charge on any atom is -0.0297 e. The number of unbranched alkanes of at least 4 members (excludes halogenated alkanes) is 8. The molecule has 0 radical (unpaired) electrons. The second-order valence-electron chi connectivity index (χ2n) is 6.33. The smallest absolute Gasteiger partial charge is 0.0297 e. The first kappa shape index (κ1) is 15.1. The second-order valence-corrected chi connectivity index (χ2v) is 6.33.